The Bertz CT molecular complexity index is 605. The maximum absolute atomic E-state index is 4.19. The minimum atomic E-state index is 0.222. The van der Waals surface area contributed by atoms with Crippen LogP contribution < -0.4 is 5.32 Å². The SMILES string of the molecule is c1ccc([C@@H](Cn2cncn2)NCc2cccs2)cc1. The Hall–Kier alpha value is -1.98. The van der Waals surface area contributed by atoms with Gasteiger partial charge >= 0.3 is 0 Å². The zero-order valence-electron chi connectivity index (χ0n) is 11.0. The second kappa shape index (κ2) is 6.45. The molecule has 2 aromatic heterocycles. The molecule has 0 bridgehead atoms. The number of nitrogens with zero attached hydrogens (tertiary/aromatic N) is 3. The van der Waals surface area contributed by atoms with E-state index < -0.39 is 0 Å². The molecule has 0 aliphatic carbocycles. The van der Waals surface area contributed by atoms with Crippen LogP contribution in [-0.2, 0) is 13.1 Å². The second-order valence-electron chi connectivity index (χ2n) is 4.54. The van der Waals surface area contributed by atoms with Crippen molar-refractivity contribution in [3.63, 3.8) is 0 Å². The van der Waals surface area contributed by atoms with Crippen molar-refractivity contribution in [2.24, 2.45) is 0 Å². The molecule has 3 rings (SSSR count). The Morgan fingerprint density at radius 3 is 2.75 bits per heavy atom. The van der Waals surface area contributed by atoms with Crippen LogP contribution in [0.25, 0.3) is 0 Å². The minimum Gasteiger partial charge on any atom is -0.303 e. The smallest absolute Gasteiger partial charge is 0.137 e. The maximum atomic E-state index is 4.19. The largest absolute Gasteiger partial charge is 0.303 e. The first-order chi connectivity index (χ1) is 9.92. The Kier molecular flexibility index (Phi) is 4.20. The average molecular weight is 284 g/mol. The van der Waals surface area contributed by atoms with E-state index >= 15 is 0 Å². The van der Waals surface area contributed by atoms with Gasteiger partial charge in [-0.1, -0.05) is 36.4 Å². The van der Waals surface area contributed by atoms with Gasteiger partial charge in [0.25, 0.3) is 0 Å². The van der Waals surface area contributed by atoms with Crippen LogP contribution in [0.4, 0.5) is 0 Å². The van der Waals surface area contributed by atoms with E-state index in [0.29, 0.717) is 0 Å². The van der Waals surface area contributed by atoms with Gasteiger partial charge in [0.1, 0.15) is 12.7 Å². The summed E-state index contributed by atoms with van der Waals surface area (Å²) in [6.45, 7) is 1.64. The molecule has 0 fully saturated rings. The molecule has 1 atom stereocenters. The van der Waals surface area contributed by atoms with E-state index in [4.69, 9.17) is 0 Å². The summed E-state index contributed by atoms with van der Waals surface area (Å²) in [7, 11) is 0. The normalized spacial score (nSPS) is 12.4. The monoisotopic (exact) mass is 284 g/mol. The van der Waals surface area contributed by atoms with Gasteiger partial charge in [-0.3, -0.25) is 4.68 Å². The third-order valence-corrected chi connectivity index (χ3v) is 4.02. The van der Waals surface area contributed by atoms with E-state index in [1.807, 2.05) is 10.7 Å². The van der Waals surface area contributed by atoms with E-state index in [1.54, 1.807) is 24.0 Å². The standard InChI is InChI=1S/C15H16N4S/c1-2-5-13(6-3-1)15(10-19-12-16-11-18-19)17-9-14-7-4-8-20-14/h1-8,11-12,15,17H,9-10H2/t15-/m1/s1. The number of benzene rings is 1. The fraction of sp³-hybridized carbons (Fsp3) is 0.200. The number of aromatic nitrogens is 3. The average Bonchev–Trinajstić information content (AvgIpc) is 3.18. The van der Waals surface area contributed by atoms with Crippen molar-refractivity contribution in [1.29, 1.82) is 0 Å². The van der Waals surface area contributed by atoms with E-state index in [0.717, 1.165) is 13.1 Å². The van der Waals surface area contributed by atoms with Gasteiger partial charge in [-0.2, -0.15) is 5.10 Å². The Morgan fingerprint density at radius 2 is 2.05 bits per heavy atom. The molecule has 1 N–H and O–H groups in total. The molecule has 0 saturated heterocycles. The molecule has 1 aromatic carbocycles. The van der Waals surface area contributed by atoms with Gasteiger partial charge in [-0.05, 0) is 17.0 Å². The molecule has 0 unspecified atom stereocenters. The van der Waals surface area contributed by atoms with Crippen molar-refractivity contribution >= 4 is 11.3 Å². The van der Waals surface area contributed by atoms with Crippen LogP contribution in [0.2, 0.25) is 0 Å². The van der Waals surface area contributed by atoms with Crippen LogP contribution in [0.3, 0.4) is 0 Å². The van der Waals surface area contributed by atoms with Crippen LogP contribution in [0.5, 0.6) is 0 Å². The fourth-order valence-corrected chi connectivity index (χ4v) is 2.78. The van der Waals surface area contributed by atoms with Crippen LogP contribution >= 0.6 is 11.3 Å². The van der Waals surface area contributed by atoms with Crippen molar-refractivity contribution in [3.8, 4) is 0 Å². The molecule has 0 saturated carbocycles. The lowest BCUT2D eigenvalue weighted by molar-refractivity contribution is 0.438. The third kappa shape index (κ3) is 3.31. The number of rotatable bonds is 6. The van der Waals surface area contributed by atoms with Crippen molar-refractivity contribution in [1.82, 2.24) is 20.1 Å². The molecule has 3 aromatic rings. The number of thiophene rings is 1. The third-order valence-electron chi connectivity index (χ3n) is 3.14. The van der Waals surface area contributed by atoms with Crippen LogP contribution in [0, 0.1) is 0 Å². The molecule has 0 radical (unpaired) electrons. The van der Waals surface area contributed by atoms with Gasteiger partial charge < -0.3 is 5.32 Å². The lowest BCUT2D eigenvalue weighted by atomic mass is 10.1. The predicted molar refractivity (Wildman–Crippen MR) is 80.4 cm³/mol. The zero-order valence-corrected chi connectivity index (χ0v) is 11.8. The first-order valence-electron chi connectivity index (χ1n) is 6.55. The summed E-state index contributed by atoms with van der Waals surface area (Å²) >= 11 is 1.77. The summed E-state index contributed by atoms with van der Waals surface area (Å²) in [5.74, 6) is 0. The van der Waals surface area contributed by atoms with Gasteiger partial charge in [0.2, 0.25) is 0 Å². The van der Waals surface area contributed by atoms with Crippen LogP contribution in [0.15, 0.2) is 60.5 Å². The van der Waals surface area contributed by atoms with Gasteiger partial charge in [0, 0.05) is 11.4 Å². The number of nitrogens with one attached hydrogen (secondary N) is 1. The van der Waals surface area contributed by atoms with Crippen molar-refractivity contribution < 1.29 is 0 Å². The highest BCUT2D eigenvalue weighted by molar-refractivity contribution is 7.09. The quantitative estimate of drug-likeness (QED) is 0.757. The highest BCUT2D eigenvalue weighted by Crippen LogP contribution is 2.16. The van der Waals surface area contributed by atoms with Crippen molar-refractivity contribution in [2.45, 2.75) is 19.1 Å². The van der Waals surface area contributed by atoms with E-state index in [-0.39, 0.29) is 6.04 Å². The Labute approximate surface area is 122 Å². The fourth-order valence-electron chi connectivity index (χ4n) is 2.12. The van der Waals surface area contributed by atoms with Crippen molar-refractivity contribution in [3.05, 3.63) is 70.9 Å². The first-order valence-corrected chi connectivity index (χ1v) is 7.43. The molecule has 0 aliphatic rings. The Balaban J connectivity index is 1.73. The summed E-state index contributed by atoms with van der Waals surface area (Å²) in [5.41, 5.74) is 1.26. The van der Waals surface area contributed by atoms with E-state index in [1.165, 1.54) is 10.4 Å². The second-order valence-corrected chi connectivity index (χ2v) is 5.57. The maximum Gasteiger partial charge on any atom is 0.137 e. The van der Waals surface area contributed by atoms with Crippen molar-refractivity contribution in [2.75, 3.05) is 0 Å². The summed E-state index contributed by atoms with van der Waals surface area (Å²) in [5, 5.41) is 9.90. The van der Waals surface area contributed by atoms with Gasteiger partial charge in [-0.15, -0.1) is 11.3 Å². The number of hydrogen-bond donors (Lipinski definition) is 1. The molecule has 20 heavy (non-hydrogen) atoms. The molecule has 0 aliphatic heterocycles. The number of hydrogen-bond acceptors (Lipinski definition) is 4. The summed E-state index contributed by atoms with van der Waals surface area (Å²) < 4.78 is 1.86. The predicted octanol–water partition coefficient (Wildman–Crippen LogP) is 2.87. The van der Waals surface area contributed by atoms with Crippen LogP contribution in [0.1, 0.15) is 16.5 Å². The van der Waals surface area contributed by atoms with Gasteiger partial charge in [0.15, 0.2) is 0 Å². The molecule has 5 heteroatoms. The molecule has 2 heterocycles. The first kappa shape index (κ1) is 13.0. The zero-order chi connectivity index (χ0) is 13.6. The lowest BCUT2D eigenvalue weighted by Crippen LogP contribution is -2.25. The van der Waals surface area contributed by atoms with Gasteiger partial charge in [0.05, 0.1) is 12.6 Å². The summed E-state index contributed by atoms with van der Waals surface area (Å²) in [4.78, 5) is 5.34. The molecule has 4 nitrogen and oxygen atoms in total. The lowest BCUT2D eigenvalue weighted by Gasteiger charge is -2.18. The van der Waals surface area contributed by atoms with Gasteiger partial charge in [-0.25, -0.2) is 4.98 Å². The Morgan fingerprint density at radius 1 is 1.15 bits per heavy atom. The van der Waals surface area contributed by atoms with E-state index in [9.17, 15) is 0 Å². The summed E-state index contributed by atoms with van der Waals surface area (Å²) in [6, 6.07) is 14.9. The van der Waals surface area contributed by atoms with E-state index in [2.05, 4.69) is 57.2 Å². The highest BCUT2D eigenvalue weighted by atomic mass is 32.1. The topological polar surface area (TPSA) is 42.7 Å². The molecule has 0 spiro atoms. The molecule has 102 valence electrons. The minimum absolute atomic E-state index is 0.222. The molecular formula is C15H16N4S. The highest BCUT2D eigenvalue weighted by Gasteiger charge is 2.12. The summed E-state index contributed by atoms with van der Waals surface area (Å²) in [6.07, 6.45) is 3.32. The molecular weight excluding hydrogens is 268 g/mol. The van der Waals surface area contributed by atoms with Crippen LogP contribution in [-0.4, -0.2) is 14.8 Å². The molecule has 0 amide bonds.